The average molecular weight is 531 g/mol. The molecular weight excluding hydrogens is 491 g/mol. The van der Waals surface area contributed by atoms with E-state index in [1.807, 2.05) is 6.92 Å². The van der Waals surface area contributed by atoms with Crippen LogP contribution in [0.4, 0.5) is 0 Å². The number of carbonyl (C=O) groups excluding carboxylic acids is 1. The van der Waals surface area contributed by atoms with E-state index in [2.05, 4.69) is 27.9 Å². The molecule has 166 valence electrons. The molecular formula is C19H39IN4O3S. The first kappa shape index (κ1) is 27.4. The Morgan fingerprint density at radius 1 is 1.04 bits per heavy atom. The van der Waals surface area contributed by atoms with Crippen LogP contribution in [0.5, 0.6) is 0 Å². The van der Waals surface area contributed by atoms with E-state index in [0.29, 0.717) is 19.4 Å². The van der Waals surface area contributed by atoms with Crippen LogP contribution in [0.3, 0.4) is 0 Å². The summed E-state index contributed by atoms with van der Waals surface area (Å²) in [5, 5.41) is 9.16. The third kappa shape index (κ3) is 13.6. The van der Waals surface area contributed by atoms with Gasteiger partial charge in [0.05, 0.1) is 11.5 Å². The van der Waals surface area contributed by atoms with E-state index < -0.39 is 9.84 Å². The molecule has 1 unspecified atom stereocenters. The van der Waals surface area contributed by atoms with Gasteiger partial charge in [0.15, 0.2) is 15.8 Å². The van der Waals surface area contributed by atoms with Gasteiger partial charge in [0, 0.05) is 32.1 Å². The first-order valence-corrected chi connectivity index (χ1v) is 12.3. The van der Waals surface area contributed by atoms with Crippen LogP contribution in [0.25, 0.3) is 0 Å². The Morgan fingerprint density at radius 3 is 2.32 bits per heavy atom. The second kappa shape index (κ2) is 16.2. The molecule has 0 aromatic carbocycles. The first-order valence-electron chi connectivity index (χ1n) is 10.5. The smallest absolute Gasteiger partial charge is 0.222 e. The number of aliphatic imine (C=N–C) groups is 1. The minimum Gasteiger partial charge on any atom is -0.357 e. The van der Waals surface area contributed by atoms with Gasteiger partial charge in [-0.1, -0.05) is 45.4 Å². The summed E-state index contributed by atoms with van der Waals surface area (Å²) in [6.07, 6.45) is 9.64. The zero-order valence-corrected chi connectivity index (χ0v) is 20.6. The van der Waals surface area contributed by atoms with E-state index in [1.165, 1.54) is 38.5 Å². The molecule has 28 heavy (non-hydrogen) atoms. The highest BCUT2D eigenvalue weighted by Gasteiger charge is 2.28. The Kier molecular flexibility index (Phi) is 15.9. The van der Waals surface area contributed by atoms with Gasteiger partial charge in [-0.05, 0) is 19.8 Å². The minimum atomic E-state index is -2.96. The maximum absolute atomic E-state index is 12.0. The summed E-state index contributed by atoms with van der Waals surface area (Å²) in [5.41, 5.74) is 0. The topological polar surface area (TPSA) is 99.7 Å². The molecule has 9 heteroatoms. The number of hydrogen-bond acceptors (Lipinski definition) is 4. The van der Waals surface area contributed by atoms with E-state index in [4.69, 9.17) is 0 Å². The third-order valence-corrected chi connectivity index (χ3v) is 6.39. The summed E-state index contributed by atoms with van der Waals surface area (Å²) >= 11 is 0. The second-order valence-electron chi connectivity index (χ2n) is 7.23. The number of nitrogens with one attached hydrogen (secondary N) is 3. The number of halogens is 1. The summed E-state index contributed by atoms with van der Waals surface area (Å²) < 4.78 is 22.8. The third-order valence-electron chi connectivity index (χ3n) is 4.62. The van der Waals surface area contributed by atoms with Crippen molar-refractivity contribution in [2.24, 2.45) is 4.99 Å². The van der Waals surface area contributed by atoms with Gasteiger partial charge in [-0.25, -0.2) is 8.42 Å². The van der Waals surface area contributed by atoms with Gasteiger partial charge in [0.1, 0.15) is 0 Å². The van der Waals surface area contributed by atoms with E-state index in [1.54, 1.807) is 0 Å². The number of carbonyl (C=O) groups is 1. The number of nitrogens with zero attached hydrogens (tertiary/aromatic N) is 1. The van der Waals surface area contributed by atoms with Gasteiger partial charge < -0.3 is 16.0 Å². The summed E-state index contributed by atoms with van der Waals surface area (Å²) in [6, 6.07) is -0.235. The number of unbranched alkanes of at least 4 members (excludes halogenated alkanes) is 6. The SMILES string of the molecule is CCCCCCCCCN=C(NCC)NCCC(=O)NC1CCS(=O)(=O)C1.I. The van der Waals surface area contributed by atoms with Crippen LogP contribution in [-0.4, -0.2) is 57.5 Å². The van der Waals surface area contributed by atoms with Crippen LogP contribution in [0.2, 0.25) is 0 Å². The lowest BCUT2D eigenvalue weighted by Crippen LogP contribution is -2.41. The molecule has 0 spiro atoms. The lowest BCUT2D eigenvalue weighted by Gasteiger charge is -2.13. The van der Waals surface area contributed by atoms with Crippen molar-refractivity contribution in [2.45, 2.75) is 77.7 Å². The van der Waals surface area contributed by atoms with Crippen LogP contribution >= 0.6 is 24.0 Å². The largest absolute Gasteiger partial charge is 0.357 e. The highest BCUT2D eigenvalue weighted by Crippen LogP contribution is 2.11. The van der Waals surface area contributed by atoms with Gasteiger partial charge in [0.2, 0.25) is 5.91 Å². The molecule has 0 aliphatic carbocycles. The minimum absolute atomic E-state index is 0. The second-order valence-corrected chi connectivity index (χ2v) is 9.45. The van der Waals surface area contributed by atoms with Gasteiger partial charge in [-0.3, -0.25) is 9.79 Å². The summed E-state index contributed by atoms with van der Waals surface area (Å²) in [5.74, 6) is 0.855. The molecule has 1 saturated heterocycles. The summed E-state index contributed by atoms with van der Waals surface area (Å²) in [7, 11) is -2.96. The van der Waals surface area contributed by atoms with Crippen LogP contribution < -0.4 is 16.0 Å². The summed E-state index contributed by atoms with van der Waals surface area (Å²) in [4.78, 5) is 16.5. The molecule has 1 heterocycles. The van der Waals surface area contributed by atoms with Gasteiger partial charge in [-0.15, -0.1) is 24.0 Å². The standard InChI is InChI=1S/C19H38N4O3S.HI/c1-3-5-6-7-8-9-10-13-21-19(20-4-2)22-14-11-18(24)23-17-12-15-27(25,26)16-17;/h17H,3-16H2,1-2H3,(H,23,24)(H2,20,21,22);1H. The van der Waals surface area contributed by atoms with Gasteiger partial charge in [-0.2, -0.15) is 0 Å². The molecule has 7 nitrogen and oxygen atoms in total. The van der Waals surface area contributed by atoms with Crippen LogP contribution in [0, 0.1) is 0 Å². The molecule has 3 N–H and O–H groups in total. The molecule has 0 aromatic rings. The Labute approximate surface area is 188 Å². The summed E-state index contributed by atoms with van der Waals surface area (Å²) in [6.45, 7) is 6.28. The normalized spacial score (nSPS) is 18.4. The lowest BCUT2D eigenvalue weighted by atomic mass is 10.1. The van der Waals surface area contributed by atoms with E-state index in [9.17, 15) is 13.2 Å². The van der Waals surface area contributed by atoms with Crippen molar-refractivity contribution in [1.29, 1.82) is 0 Å². The number of amides is 1. The first-order chi connectivity index (χ1) is 13.0. The molecule has 1 aliphatic heterocycles. The maximum atomic E-state index is 12.0. The average Bonchev–Trinajstić information content (AvgIpc) is 2.95. The van der Waals surface area contributed by atoms with Crippen LogP contribution in [-0.2, 0) is 14.6 Å². The highest BCUT2D eigenvalue weighted by atomic mass is 127. The molecule has 0 saturated carbocycles. The molecule has 1 fully saturated rings. The Morgan fingerprint density at radius 2 is 1.71 bits per heavy atom. The lowest BCUT2D eigenvalue weighted by molar-refractivity contribution is -0.121. The molecule has 0 aromatic heterocycles. The van der Waals surface area contributed by atoms with Gasteiger partial charge >= 0.3 is 0 Å². The molecule has 1 atom stereocenters. The van der Waals surface area contributed by atoms with Crippen LogP contribution in [0.15, 0.2) is 4.99 Å². The molecule has 1 rings (SSSR count). The van der Waals surface area contributed by atoms with Crippen molar-refractivity contribution < 1.29 is 13.2 Å². The van der Waals surface area contributed by atoms with Crippen molar-refractivity contribution in [3.8, 4) is 0 Å². The van der Waals surface area contributed by atoms with E-state index >= 15 is 0 Å². The zero-order chi connectivity index (χ0) is 20.0. The molecule has 1 amide bonds. The number of hydrogen-bond donors (Lipinski definition) is 3. The van der Waals surface area contributed by atoms with E-state index in [0.717, 1.165) is 25.5 Å². The quantitative estimate of drug-likeness (QED) is 0.147. The van der Waals surface area contributed by atoms with Gasteiger partial charge in [0.25, 0.3) is 0 Å². The fraction of sp³-hybridized carbons (Fsp3) is 0.895. The van der Waals surface area contributed by atoms with Crippen molar-refractivity contribution >= 4 is 45.7 Å². The number of guanidine groups is 1. The Bertz CT molecular complexity index is 555. The monoisotopic (exact) mass is 530 g/mol. The Balaban J connectivity index is 0.00000729. The number of sulfone groups is 1. The fourth-order valence-electron chi connectivity index (χ4n) is 3.10. The van der Waals surface area contributed by atoms with Crippen molar-refractivity contribution in [3.63, 3.8) is 0 Å². The fourth-order valence-corrected chi connectivity index (χ4v) is 4.78. The Hall–Kier alpha value is -0.580. The zero-order valence-electron chi connectivity index (χ0n) is 17.5. The maximum Gasteiger partial charge on any atom is 0.222 e. The molecule has 1 aliphatic rings. The van der Waals surface area contributed by atoms with Crippen molar-refractivity contribution in [2.75, 3.05) is 31.1 Å². The predicted molar refractivity (Wildman–Crippen MR) is 127 cm³/mol. The molecule has 0 bridgehead atoms. The van der Waals surface area contributed by atoms with Crippen molar-refractivity contribution in [3.05, 3.63) is 0 Å². The van der Waals surface area contributed by atoms with E-state index in [-0.39, 0.29) is 47.4 Å². The van der Waals surface area contributed by atoms with Crippen molar-refractivity contribution in [1.82, 2.24) is 16.0 Å². The van der Waals surface area contributed by atoms with Crippen LogP contribution in [0.1, 0.15) is 71.6 Å². The highest BCUT2D eigenvalue weighted by molar-refractivity contribution is 14.0. The number of rotatable bonds is 13. The predicted octanol–water partition coefficient (Wildman–Crippen LogP) is 2.60. The molecule has 0 radical (unpaired) electrons.